The van der Waals surface area contributed by atoms with Gasteiger partial charge in [-0.1, -0.05) is 60.7 Å². The number of amides is 4. The lowest BCUT2D eigenvalue weighted by Gasteiger charge is -2.47. The minimum absolute atomic E-state index is 0.0209. The minimum Gasteiger partial charge on any atom is -0.443 e. The van der Waals surface area contributed by atoms with E-state index < -0.39 is 46.6 Å². The molecule has 1 heterocycles. The summed E-state index contributed by atoms with van der Waals surface area (Å²) in [6, 6.07) is 20.1. The first-order chi connectivity index (χ1) is 19.6. The van der Waals surface area contributed by atoms with Crippen molar-refractivity contribution in [3.63, 3.8) is 0 Å². The number of ether oxygens (including phenoxy) is 2. The van der Waals surface area contributed by atoms with E-state index in [2.05, 4.69) is 5.43 Å². The summed E-state index contributed by atoms with van der Waals surface area (Å²) >= 11 is 0. The molecule has 0 aromatic heterocycles. The van der Waals surface area contributed by atoms with Crippen molar-refractivity contribution in [2.45, 2.75) is 64.8 Å². The fourth-order valence-electron chi connectivity index (χ4n) is 4.75. The van der Waals surface area contributed by atoms with Crippen LogP contribution in [-0.2, 0) is 26.4 Å². The smallest absolute Gasteiger partial charge is 0.431 e. The Morgan fingerprint density at radius 1 is 0.857 bits per heavy atom. The molecule has 0 radical (unpaired) electrons. The van der Waals surface area contributed by atoms with Crippen molar-refractivity contribution in [2.75, 3.05) is 0 Å². The maximum Gasteiger partial charge on any atom is 0.431 e. The highest BCUT2D eigenvalue weighted by atomic mass is 19.1. The number of rotatable bonds is 4. The number of imide groups is 1. The number of carbonyl (C=O) groups is 4. The second-order valence-electron chi connectivity index (χ2n) is 11.9. The molecule has 9 nitrogen and oxygen atoms in total. The molecule has 0 saturated carbocycles. The van der Waals surface area contributed by atoms with Crippen molar-refractivity contribution in [3.05, 3.63) is 107 Å². The predicted octanol–water partition coefficient (Wildman–Crippen LogP) is 5.93. The van der Waals surface area contributed by atoms with Crippen LogP contribution in [0.3, 0.4) is 0 Å². The lowest BCUT2D eigenvalue weighted by molar-refractivity contribution is -0.143. The number of hydrogen-bond donors (Lipinski definition) is 1. The normalized spacial score (nSPS) is 16.9. The number of nitrogens with zero attached hydrogens (tertiary/aromatic N) is 2. The van der Waals surface area contributed by atoms with Gasteiger partial charge in [-0.05, 0) is 70.9 Å². The van der Waals surface area contributed by atoms with Crippen molar-refractivity contribution in [1.82, 2.24) is 15.3 Å². The molecule has 1 aliphatic rings. The molecule has 1 atom stereocenters. The monoisotopic (exact) mass is 575 g/mol. The van der Waals surface area contributed by atoms with Gasteiger partial charge in [0.15, 0.2) is 5.54 Å². The lowest BCUT2D eigenvalue weighted by Crippen LogP contribution is -2.68. The summed E-state index contributed by atoms with van der Waals surface area (Å²) in [5.41, 5.74) is -1.16. The van der Waals surface area contributed by atoms with Crippen LogP contribution in [0, 0.1) is 5.82 Å². The van der Waals surface area contributed by atoms with Crippen molar-refractivity contribution in [2.24, 2.45) is 0 Å². The van der Waals surface area contributed by atoms with Crippen LogP contribution in [0.1, 0.15) is 68.6 Å². The van der Waals surface area contributed by atoms with E-state index >= 15 is 0 Å². The Labute approximate surface area is 244 Å². The van der Waals surface area contributed by atoms with E-state index in [1.54, 1.807) is 84.0 Å². The lowest BCUT2D eigenvalue weighted by atomic mass is 9.75. The molecular formula is C32H34FN3O6. The van der Waals surface area contributed by atoms with Crippen LogP contribution in [0.25, 0.3) is 0 Å². The van der Waals surface area contributed by atoms with Gasteiger partial charge < -0.3 is 9.47 Å². The number of carbonyl (C=O) groups excluding carboxylic acids is 4. The van der Waals surface area contributed by atoms with Crippen molar-refractivity contribution >= 4 is 24.0 Å². The van der Waals surface area contributed by atoms with Gasteiger partial charge in [-0.25, -0.2) is 19.4 Å². The molecule has 0 bridgehead atoms. The highest BCUT2D eigenvalue weighted by Crippen LogP contribution is 2.44. The van der Waals surface area contributed by atoms with Crippen LogP contribution in [0.5, 0.6) is 0 Å². The molecule has 0 aliphatic carbocycles. The van der Waals surface area contributed by atoms with E-state index in [4.69, 9.17) is 9.47 Å². The van der Waals surface area contributed by atoms with Crippen LogP contribution in [0.2, 0.25) is 0 Å². The summed E-state index contributed by atoms with van der Waals surface area (Å²) in [7, 11) is 0. The SMILES string of the molecule is CC(C)(C)OC(=O)NN(C(=O)OC(C)(C)C)C1(c2cccc(F)c2)C(=O)N(Cc2ccccc2)C(=O)c2ccccc21. The zero-order valence-corrected chi connectivity index (χ0v) is 24.4. The second kappa shape index (κ2) is 11.3. The van der Waals surface area contributed by atoms with Gasteiger partial charge in [0, 0.05) is 11.1 Å². The average Bonchev–Trinajstić information content (AvgIpc) is 2.89. The quantitative estimate of drug-likeness (QED) is 0.306. The number of hydrogen-bond acceptors (Lipinski definition) is 6. The van der Waals surface area contributed by atoms with Gasteiger partial charge in [-0.3, -0.25) is 14.5 Å². The zero-order valence-electron chi connectivity index (χ0n) is 24.4. The first kappa shape index (κ1) is 30.2. The minimum atomic E-state index is -2.28. The standard InChI is InChI=1S/C32H34FN3O6/c1-30(2,3)41-28(39)34-36(29(40)42-31(4,5)6)32(22-15-12-16-23(33)19-22)25-18-11-10-17-24(25)26(37)35(27(32)38)20-21-13-8-7-9-14-21/h7-19H,20H2,1-6H3,(H,34,39). The third-order valence-electron chi connectivity index (χ3n) is 6.29. The molecule has 1 N–H and O–H groups in total. The van der Waals surface area contributed by atoms with E-state index in [9.17, 15) is 23.6 Å². The van der Waals surface area contributed by atoms with Gasteiger partial charge in [0.1, 0.15) is 17.0 Å². The summed E-state index contributed by atoms with van der Waals surface area (Å²) < 4.78 is 26.0. The van der Waals surface area contributed by atoms with Crippen LogP contribution in [0.15, 0.2) is 78.9 Å². The Morgan fingerprint density at radius 2 is 1.48 bits per heavy atom. The molecule has 3 aromatic rings. The fourth-order valence-corrected chi connectivity index (χ4v) is 4.75. The van der Waals surface area contributed by atoms with Crippen molar-refractivity contribution < 1.29 is 33.0 Å². The van der Waals surface area contributed by atoms with Gasteiger partial charge in [-0.2, -0.15) is 5.01 Å². The van der Waals surface area contributed by atoms with Crippen LogP contribution >= 0.6 is 0 Å². The molecule has 0 fully saturated rings. The Hall–Kier alpha value is -4.73. The van der Waals surface area contributed by atoms with E-state index in [0.29, 0.717) is 10.6 Å². The first-order valence-electron chi connectivity index (χ1n) is 13.4. The van der Waals surface area contributed by atoms with E-state index in [0.717, 1.165) is 11.0 Å². The van der Waals surface area contributed by atoms with Gasteiger partial charge in [0.05, 0.1) is 6.54 Å². The largest absolute Gasteiger partial charge is 0.443 e. The molecule has 0 saturated heterocycles. The Morgan fingerprint density at radius 3 is 2.10 bits per heavy atom. The zero-order chi connectivity index (χ0) is 30.9. The number of halogens is 1. The number of benzene rings is 3. The van der Waals surface area contributed by atoms with Gasteiger partial charge in [-0.15, -0.1) is 0 Å². The second-order valence-corrected chi connectivity index (χ2v) is 11.9. The van der Waals surface area contributed by atoms with Gasteiger partial charge >= 0.3 is 12.2 Å². The number of hydrazine groups is 1. The Bertz CT molecular complexity index is 1510. The molecule has 3 aromatic carbocycles. The number of nitrogens with one attached hydrogen (secondary N) is 1. The summed E-state index contributed by atoms with van der Waals surface area (Å²) in [6.45, 7) is 9.60. The third-order valence-corrected chi connectivity index (χ3v) is 6.29. The molecule has 220 valence electrons. The summed E-state index contributed by atoms with van der Waals surface area (Å²) in [5, 5.41) is 0.701. The van der Waals surface area contributed by atoms with E-state index in [1.807, 2.05) is 0 Å². The fraction of sp³-hybridized carbons (Fsp3) is 0.312. The molecule has 4 rings (SSSR count). The van der Waals surface area contributed by atoms with Crippen LogP contribution in [0.4, 0.5) is 14.0 Å². The summed E-state index contributed by atoms with van der Waals surface area (Å²) in [4.78, 5) is 56.9. The molecule has 1 aliphatic heterocycles. The Balaban J connectivity index is 2.05. The molecule has 4 amide bonds. The topological polar surface area (TPSA) is 105 Å². The van der Waals surface area contributed by atoms with Crippen LogP contribution < -0.4 is 5.43 Å². The van der Waals surface area contributed by atoms with Crippen molar-refractivity contribution in [3.8, 4) is 0 Å². The molecule has 42 heavy (non-hydrogen) atoms. The maximum absolute atomic E-state index is 14.9. The molecule has 0 spiro atoms. The first-order valence-corrected chi connectivity index (χ1v) is 13.4. The van der Waals surface area contributed by atoms with Crippen LogP contribution in [-0.4, -0.2) is 45.1 Å². The van der Waals surface area contributed by atoms with Crippen molar-refractivity contribution in [1.29, 1.82) is 0 Å². The van der Waals surface area contributed by atoms with Gasteiger partial charge in [0.25, 0.3) is 11.8 Å². The molecular weight excluding hydrogens is 541 g/mol. The number of fused-ring (bicyclic) bond motifs is 1. The molecule has 1 unspecified atom stereocenters. The highest BCUT2D eigenvalue weighted by molar-refractivity contribution is 6.15. The highest BCUT2D eigenvalue weighted by Gasteiger charge is 2.59. The Kier molecular flexibility index (Phi) is 8.11. The predicted molar refractivity (Wildman–Crippen MR) is 152 cm³/mol. The summed E-state index contributed by atoms with van der Waals surface area (Å²) in [6.07, 6.45) is -2.20. The van der Waals surface area contributed by atoms with Gasteiger partial charge in [0.2, 0.25) is 0 Å². The van der Waals surface area contributed by atoms with E-state index in [-0.39, 0.29) is 23.2 Å². The summed E-state index contributed by atoms with van der Waals surface area (Å²) in [5.74, 6) is -2.22. The maximum atomic E-state index is 14.9. The third kappa shape index (κ3) is 6.12. The van der Waals surface area contributed by atoms with E-state index in [1.165, 1.54) is 30.3 Å². The molecule has 10 heteroatoms. The average molecular weight is 576 g/mol.